The highest BCUT2D eigenvalue weighted by atomic mass is 19.3. The molecule has 3 aromatic heterocycles. The average molecular weight is 459 g/mol. The van der Waals surface area contributed by atoms with Gasteiger partial charge >= 0.3 is 6.61 Å². The highest BCUT2D eigenvalue weighted by molar-refractivity contribution is 5.62. The maximum Gasteiger partial charge on any atom is 0.387 e. The minimum absolute atomic E-state index is 0.0272. The van der Waals surface area contributed by atoms with Crippen LogP contribution < -0.4 is 9.47 Å². The Hall–Kier alpha value is -3.84. The van der Waals surface area contributed by atoms with E-state index in [2.05, 4.69) is 25.0 Å². The molecule has 0 spiro atoms. The Balaban J connectivity index is 1.71. The number of aromatic nitrogens is 5. The summed E-state index contributed by atoms with van der Waals surface area (Å²) in [5.74, 6) is -0.530. The topological polar surface area (TPSA) is 87.6 Å². The number of hydrogen-bond acceptors (Lipinski definition) is 7. The Kier molecular flexibility index (Phi) is 5.59. The molecule has 0 aliphatic rings. The maximum atomic E-state index is 13.3. The predicted octanol–water partition coefficient (Wildman–Crippen LogP) is 4.93. The normalized spacial score (nSPS) is 11.8. The van der Waals surface area contributed by atoms with E-state index in [4.69, 9.17) is 9.15 Å². The third kappa shape index (κ3) is 4.02. The van der Waals surface area contributed by atoms with Crippen LogP contribution in [0.2, 0.25) is 0 Å². The van der Waals surface area contributed by atoms with Crippen molar-refractivity contribution < 1.29 is 40.2 Å². The summed E-state index contributed by atoms with van der Waals surface area (Å²) in [5, 5.41) is 11.5. The first kappa shape index (κ1) is 21.4. The van der Waals surface area contributed by atoms with Crippen LogP contribution in [0.25, 0.3) is 28.7 Å². The van der Waals surface area contributed by atoms with E-state index in [1.807, 2.05) is 0 Å². The smallest absolute Gasteiger partial charge is 0.387 e. The van der Waals surface area contributed by atoms with Crippen molar-refractivity contribution in [3.8, 4) is 34.5 Å². The molecule has 1 aromatic carbocycles. The van der Waals surface area contributed by atoms with Crippen LogP contribution in [0.3, 0.4) is 0 Å². The van der Waals surface area contributed by atoms with E-state index < -0.39 is 30.9 Å². The number of ether oxygens (including phenoxy) is 2. The molecule has 4 rings (SSSR count). The third-order valence-corrected chi connectivity index (χ3v) is 4.19. The highest BCUT2D eigenvalue weighted by Gasteiger charge is 2.23. The Bertz CT molecular complexity index is 1260. The lowest BCUT2D eigenvalue weighted by molar-refractivity contribution is -0.0512. The van der Waals surface area contributed by atoms with Crippen molar-refractivity contribution >= 4 is 5.65 Å². The van der Waals surface area contributed by atoms with Gasteiger partial charge in [-0.1, -0.05) is 0 Å². The summed E-state index contributed by atoms with van der Waals surface area (Å²) >= 11 is 0. The summed E-state index contributed by atoms with van der Waals surface area (Å²) in [5.41, 5.74) is -1.69. The van der Waals surface area contributed by atoms with Gasteiger partial charge < -0.3 is 13.9 Å². The molecule has 14 heteroatoms. The van der Waals surface area contributed by atoms with Crippen LogP contribution in [0, 0.1) is 0 Å². The molecule has 0 N–H and O–H groups in total. The van der Waals surface area contributed by atoms with Gasteiger partial charge in [-0.3, -0.25) is 0 Å². The minimum Gasteiger partial charge on any atom is -0.493 e. The number of rotatable bonds is 7. The zero-order chi connectivity index (χ0) is 23.0. The summed E-state index contributed by atoms with van der Waals surface area (Å²) in [6, 6.07) is 5.57. The van der Waals surface area contributed by atoms with Crippen LogP contribution in [-0.2, 0) is 0 Å². The molecule has 0 fully saturated rings. The Morgan fingerprint density at radius 3 is 2.31 bits per heavy atom. The van der Waals surface area contributed by atoms with E-state index in [1.54, 1.807) is 0 Å². The molecule has 0 radical (unpaired) electrons. The lowest BCUT2D eigenvalue weighted by Crippen LogP contribution is -2.04. The largest absolute Gasteiger partial charge is 0.493 e. The summed E-state index contributed by atoms with van der Waals surface area (Å²) in [4.78, 5) is 3.62. The molecular weight excluding hydrogens is 448 g/mol. The highest BCUT2D eigenvalue weighted by Crippen LogP contribution is 2.34. The zero-order valence-corrected chi connectivity index (χ0v) is 15.8. The van der Waals surface area contributed by atoms with E-state index in [0.717, 1.165) is 6.07 Å². The lowest BCUT2D eigenvalue weighted by atomic mass is 10.2. The van der Waals surface area contributed by atoms with Gasteiger partial charge in [0, 0.05) is 11.6 Å². The molecule has 0 aliphatic carbocycles. The SMILES string of the molecule is COc1cc(-c2nnc(-c3cc4nc(C(F)F)cc(C(F)F)n4n3)o2)ccc1OC(F)F. The fourth-order valence-corrected chi connectivity index (χ4v) is 2.83. The second-order valence-corrected chi connectivity index (χ2v) is 6.16. The van der Waals surface area contributed by atoms with Gasteiger partial charge in [0.1, 0.15) is 11.4 Å². The Morgan fingerprint density at radius 2 is 1.66 bits per heavy atom. The second-order valence-electron chi connectivity index (χ2n) is 6.16. The van der Waals surface area contributed by atoms with Gasteiger partial charge in [0.15, 0.2) is 22.8 Å². The molecule has 0 saturated heterocycles. The number of alkyl halides is 6. The van der Waals surface area contributed by atoms with E-state index in [-0.39, 0.29) is 40.2 Å². The quantitative estimate of drug-likeness (QED) is 0.362. The van der Waals surface area contributed by atoms with Crippen molar-refractivity contribution in [2.45, 2.75) is 19.5 Å². The van der Waals surface area contributed by atoms with E-state index >= 15 is 0 Å². The van der Waals surface area contributed by atoms with Crippen LogP contribution in [0.5, 0.6) is 11.5 Å². The average Bonchev–Trinajstić information content (AvgIpc) is 3.39. The Labute approximate surface area is 174 Å². The lowest BCUT2D eigenvalue weighted by Gasteiger charge is -2.10. The number of nitrogens with zero attached hydrogens (tertiary/aromatic N) is 5. The van der Waals surface area contributed by atoms with Gasteiger partial charge in [0.25, 0.3) is 18.7 Å². The van der Waals surface area contributed by atoms with Crippen molar-refractivity contribution in [2.75, 3.05) is 7.11 Å². The molecular formula is C18H11F6N5O3. The van der Waals surface area contributed by atoms with Crippen molar-refractivity contribution in [1.82, 2.24) is 24.8 Å². The van der Waals surface area contributed by atoms with E-state index in [0.29, 0.717) is 10.6 Å². The third-order valence-electron chi connectivity index (χ3n) is 4.19. The second kappa shape index (κ2) is 8.36. The molecule has 3 heterocycles. The van der Waals surface area contributed by atoms with E-state index in [1.165, 1.54) is 25.3 Å². The summed E-state index contributed by atoms with van der Waals surface area (Å²) in [7, 11) is 1.24. The molecule has 32 heavy (non-hydrogen) atoms. The number of fused-ring (bicyclic) bond motifs is 1. The van der Waals surface area contributed by atoms with Crippen LogP contribution in [0.1, 0.15) is 24.2 Å². The number of halogens is 6. The monoisotopic (exact) mass is 459 g/mol. The number of benzene rings is 1. The summed E-state index contributed by atoms with van der Waals surface area (Å²) in [6.07, 6.45) is -6.15. The zero-order valence-electron chi connectivity index (χ0n) is 15.8. The fraction of sp³-hybridized carbons (Fsp3) is 0.222. The first-order valence-corrected chi connectivity index (χ1v) is 8.71. The number of methoxy groups -OCH3 is 1. The first-order chi connectivity index (χ1) is 15.3. The van der Waals surface area contributed by atoms with Crippen molar-refractivity contribution in [3.05, 3.63) is 41.7 Å². The Morgan fingerprint density at radius 1 is 0.906 bits per heavy atom. The van der Waals surface area contributed by atoms with E-state index in [9.17, 15) is 26.3 Å². The fourth-order valence-electron chi connectivity index (χ4n) is 2.83. The molecule has 8 nitrogen and oxygen atoms in total. The van der Waals surface area contributed by atoms with Crippen molar-refractivity contribution in [2.24, 2.45) is 0 Å². The maximum absolute atomic E-state index is 13.3. The molecule has 0 bridgehead atoms. The van der Waals surface area contributed by atoms with Gasteiger partial charge in [-0.25, -0.2) is 27.1 Å². The molecule has 168 valence electrons. The molecule has 0 atom stereocenters. The van der Waals surface area contributed by atoms with Gasteiger partial charge in [0.05, 0.1) is 7.11 Å². The predicted molar refractivity (Wildman–Crippen MR) is 94.8 cm³/mol. The van der Waals surface area contributed by atoms with Crippen LogP contribution in [0.15, 0.2) is 34.7 Å². The van der Waals surface area contributed by atoms with Crippen molar-refractivity contribution in [1.29, 1.82) is 0 Å². The molecule has 4 aromatic rings. The summed E-state index contributed by atoms with van der Waals surface area (Å²) < 4.78 is 93.0. The molecule has 0 amide bonds. The first-order valence-electron chi connectivity index (χ1n) is 8.71. The molecule has 0 saturated carbocycles. The standard InChI is InChI=1S/C18H11F6N5O3/c1-30-12-4-7(2-3-11(12)31-18(23)24)16-26-27-17(32-16)9-6-13-25-8(14(19)20)5-10(15(21)22)29(13)28-9/h2-6,14-15,18H,1H3. The summed E-state index contributed by atoms with van der Waals surface area (Å²) in [6.45, 7) is -3.06. The van der Waals surface area contributed by atoms with Crippen molar-refractivity contribution in [3.63, 3.8) is 0 Å². The van der Waals surface area contributed by atoms with Crippen LogP contribution in [-0.4, -0.2) is 38.5 Å². The van der Waals surface area contributed by atoms with Gasteiger partial charge in [-0.15, -0.1) is 10.2 Å². The molecule has 0 unspecified atom stereocenters. The van der Waals surface area contributed by atoms with Gasteiger partial charge in [-0.05, 0) is 24.3 Å². The number of hydrogen-bond donors (Lipinski definition) is 0. The van der Waals surface area contributed by atoms with Crippen LogP contribution >= 0.6 is 0 Å². The van der Waals surface area contributed by atoms with Gasteiger partial charge in [-0.2, -0.15) is 13.9 Å². The van der Waals surface area contributed by atoms with Gasteiger partial charge in [0.2, 0.25) is 5.89 Å². The minimum atomic E-state index is -3.09. The molecule has 0 aliphatic heterocycles. The van der Waals surface area contributed by atoms with Crippen LogP contribution in [0.4, 0.5) is 26.3 Å².